The van der Waals surface area contributed by atoms with Crippen LogP contribution in [0.3, 0.4) is 0 Å². The summed E-state index contributed by atoms with van der Waals surface area (Å²) in [5, 5.41) is 12.0. The highest BCUT2D eigenvalue weighted by Gasteiger charge is 2.38. The number of amides is 2. The summed E-state index contributed by atoms with van der Waals surface area (Å²) in [6, 6.07) is 0.268. The van der Waals surface area contributed by atoms with Crippen molar-refractivity contribution in [2.24, 2.45) is 17.8 Å². The number of carbonyl (C=O) groups is 2. The van der Waals surface area contributed by atoms with Gasteiger partial charge in [0.2, 0.25) is 0 Å². The smallest absolute Gasteiger partial charge is 0.317 e. The Morgan fingerprint density at radius 3 is 2.47 bits per heavy atom. The van der Waals surface area contributed by atoms with Crippen LogP contribution in [-0.4, -0.2) is 41.1 Å². The van der Waals surface area contributed by atoms with Crippen molar-refractivity contribution in [3.63, 3.8) is 0 Å². The van der Waals surface area contributed by atoms with Gasteiger partial charge in [-0.25, -0.2) is 4.79 Å². The van der Waals surface area contributed by atoms with Gasteiger partial charge < -0.3 is 15.3 Å². The number of urea groups is 1. The van der Waals surface area contributed by atoms with Crippen molar-refractivity contribution in [2.45, 2.75) is 45.6 Å². The lowest BCUT2D eigenvalue weighted by molar-refractivity contribution is -0.144. The molecule has 2 fully saturated rings. The molecule has 3 atom stereocenters. The molecule has 1 saturated heterocycles. The minimum atomic E-state index is -0.772. The summed E-state index contributed by atoms with van der Waals surface area (Å²) in [5.41, 5.74) is 0. The number of aliphatic carboxylic acids is 1. The van der Waals surface area contributed by atoms with Gasteiger partial charge in [0.1, 0.15) is 0 Å². The molecule has 0 bridgehead atoms. The van der Waals surface area contributed by atoms with Gasteiger partial charge in [-0.15, -0.1) is 0 Å². The lowest BCUT2D eigenvalue weighted by Gasteiger charge is -2.42. The Hall–Kier alpha value is -1.26. The van der Waals surface area contributed by atoms with Crippen LogP contribution in [0.25, 0.3) is 0 Å². The zero-order chi connectivity index (χ0) is 14.0. The van der Waals surface area contributed by atoms with Gasteiger partial charge in [0, 0.05) is 25.0 Å². The van der Waals surface area contributed by atoms with Crippen molar-refractivity contribution < 1.29 is 14.7 Å². The van der Waals surface area contributed by atoms with E-state index in [0.717, 1.165) is 6.42 Å². The third-order valence-corrected chi connectivity index (χ3v) is 4.71. The average Bonchev–Trinajstić information content (AvgIpc) is 2.30. The first-order valence-electron chi connectivity index (χ1n) is 7.27. The molecule has 2 amide bonds. The predicted octanol–water partition coefficient (Wildman–Crippen LogP) is 1.93. The number of carboxylic acids is 1. The molecule has 1 aliphatic carbocycles. The van der Waals surface area contributed by atoms with Gasteiger partial charge in [-0.1, -0.05) is 26.7 Å². The van der Waals surface area contributed by atoms with Gasteiger partial charge in [-0.05, 0) is 18.8 Å². The molecular formula is C14H24N2O3. The van der Waals surface area contributed by atoms with Gasteiger partial charge in [0.15, 0.2) is 0 Å². The molecule has 1 saturated carbocycles. The molecule has 0 aromatic rings. The summed E-state index contributed by atoms with van der Waals surface area (Å²) in [7, 11) is 0. The molecule has 0 aromatic carbocycles. The van der Waals surface area contributed by atoms with E-state index in [-0.39, 0.29) is 23.9 Å². The number of rotatable bonds is 3. The Morgan fingerprint density at radius 1 is 1.26 bits per heavy atom. The third-order valence-electron chi connectivity index (χ3n) is 4.71. The topological polar surface area (TPSA) is 69.6 Å². The quantitative estimate of drug-likeness (QED) is 0.821. The second-order valence-corrected chi connectivity index (χ2v) is 6.11. The van der Waals surface area contributed by atoms with E-state index in [2.05, 4.69) is 12.2 Å². The van der Waals surface area contributed by atoms with Crippen molar-refractivity contribution in [2.75, 3.05) is 13.1 Å². The van der Waals surface area contributed by atoms with Crippen LogP contribution < -0.4 is 5.32 Å². The van der Waals surface area contributed by atoms with Crippen molar-refractivity contribution in [3.05, 3.63) is 0 Å². The van der Waals surface area contributed by atoms with Gasteiger partial charge in [-0.3, -0.25) is 4.79 Å². The molecule has 19 heavy (non-hydrogen) atoms. The molecule has 1 heterocycles. The number of carbonyl (C=O) groups excluding carboxylic acids is 1. The first-order valence-corrected chi connectivity index (χ1v) is 7.27. The lowest BCUT2D eigenvalue weighted by atomic mass is 9.85. The monoisotopic (exact) mass is 268 g/mol. The molecular weight excluding hydrogens is 244 g/mol. The van der Waals surface area contributed by atoms with E-state index in [1.165, 1.54) is 19.3 Å². The maximum absolute atomic E-state index is 12.0. The van der Waals surface area contributed by atoms with E-state index in [9.17, 15) is 9.59 Å². The fourth-order valence-electron chi connectivity index (χ4n) is 2.98. The minimum Gasteiger partial charge on any atom is -0.481 e. The summed E-state index contributed by atoms with van der Waals surface area (Å²) < 4.78 is 0. The van der Waals surface area contributed by atoms with Crippen LogP contribution in [0, 0.1) is 17.8 Å². The van der Waals surface area contributed by atoms with Gasteiger partial charge in [0.05, 0.1) is 5.92 Å². The van der Waals surface area contributed by atoms with Crippen LogP contribution in [0.15, 0.2) is 0 Å². The summed E-state index contributed by atoms with van der Waals surface area (Å²) in [6.07, 6.45) is 4.70. The van der Waals surface area contributed by atoms with E-state index >= 15 is 0 Å². The van der Waals surface area contributed by atoms with E-state index in [4.69, 9.17) is 5.11 Å². The summed E-state index contributed by atoms with van der Waals surface area (Å²) in [6.45, 7) is 5.04. The average molecular weight is 268 g/mol. The van der Waals surface area contributed by atoms with E-state index < -0.39 is 5.97 Å². The number of hydrogen-bond acceptors (Lipinski definition) is 2. The second kappa shape index (κ2) is 5.80. The Kier molecular flexibility index (Phi) is 4.32. The van der Waals surface area contributed by atoms with Crippen LogP contribution in [0.5, 0.6) is 0 Å². The number of carboxylic acid groups (broad SMARTS) is 1. The van der Waals surface area contributed by atoms with E-state index in [0.29, 0.717) is 19.0 Å². The standard InChI is InChI=1S/C14H24N2O3/c1-9-5-3-4-6-12(9)15-14(19)16-7-11(8-16)10(2)13(17)18/h9-12H,3-8H2,1-2H3,(H,15,19)(H,17,18). The number of hydrogen-bond donors (Lipinski definition) is 2. The second-order valence-electron chi connectivity index (χ2n) is 6.11. The van der Waals surface area contributed by atoms with Gasteiger partial charge >= 0.3 is 12.0 Å². The number of nitrogens with one attached hydrogen (secondary N) is 1. The van der Waals surface area contributed by atoms with Gasteiger partial charge in [-0.2, -0.15) is 0 Å². The lowest BCUT2D eigenvalue weighted by Crippen LogP contribution is -2.58. The highest BCUT2D eigenvalue weighted by Crippen LogP contribution is 2.26. The molecule has 1 aliphatic heterocycles. The summed E-state index contributed by atoms with van der Waals surface area (Å²) in [4.78, 5) is 24.6. The molecule has 2 N–H and O–H groups in total. The Labute approximate surface area is 114 Å². The zero-order valence-corrected chi connectivity index (χ0v) is 11.8. The van der Waals surface area contributed by atoms with Crippen molar-refractivity contribution in [1.29, 1.82) is 0 Å². The fraction of sp³-hybridized carbons (Fsp3) is 0.857. The molecule has 5 heteroatoms. The highest BCUT2D eigenvalue weighted by atomic mass is 16.4. The Balaban J connectivity index is 1.75. The third kappa shape index (κ3) is 3.19. The normalized spacial score (nSPS) is 29.5. The SMILES string of the molecule is CC1CCCCC1NC(=O)N1CC(C(C)C(=O)O)C1. The van der Waals surface area contributed by atoms with Crippen molar-refractivity contribution >= 4 is 12.0 Å². The summed E-state index contributed by atoms with van der Waals surface area (Å²) in [5.74, 6) is -0.483. The largest absolute Gasteiger partial charge is 0.481 e. The highest BCUT2D eigenvalue weighted by molar-refractivity contribution is 5.76. The first-order chi connectivity index (χ1) is 8.99. The Morgan fingerprint density at radius 2 is 1.89 bits per heavy atom. The van der Waals surface area contributed by atoms with Crippen LogP contribution >= 0.6 is 0 Å². The van der Waals surface area contributed by atoms with Crippen LogP contribution in [0.4, 0.5) is 4.79 Å². The number of nitrogens with zero attached hydrogens (tertiary/aromatic N) is 1. The Bertz CT molecular complexity index is 353. The molecule has 0 radical (unpaired) electrons. The fourth-order valence-corrected chi connectivity index (χ4v) is 2.98. The summed E-state index contributed by atoms with van der Waals surface area (Å²) >= 11 is 0. The molecule has 2 rings (SSSR count). The maximum atomic E-state index is 12.0. The van der Waals surface area contributed by atoms with Crippen molar-refractivity contribution in [3.8, 4) is 0 Å². The van der Waals surface area contributed by atoms with Crippen LogP contribution in [-0.2, 0) is 4.79 Å². The molecule has 0 aromatic heterocycles. The molecule has 5 nitrogen and oxygen atoms in total. The maximum Gasteiger partial charge on any atom is 0.317 e. The predicted molar refractivity (Wildman–Crippen MR) is 71.8 cm³/mol. The van der Waals surface area contributed by atoms with E-state index in [1.54, 1.807) is 11.8 Å². The molecule has 2 aliphatic rings. The zero-order valence-electron chi connectivity index (χ0n) is 11.8. The molecule has 3 unspecified atom stereocenters. The molecule has 0 spiro atoms. The number of likely N-dealkylation sites (tertiary alicyclic amines) is 1. The van der Waals surface area contributed by atoms with Crippen LogP contribution in [0.1, 0.15) is 39.5 Å². The first kappa shape index (κ1) is 14.2. The van der Waals surface area contributed by atoms with E-state index in [1.807, 2.05) is 0 Å². The van der Waals surface area contributed by atoms with Gasteiger partial charge in [0.25, 0.3) is 0 Å². The molecule has 108 valence electrons. The van der Waals surface area contributed by atoms with Crippen LogP contribution in [0.2, 0.25) is 0 Å². The minimum absolute atomic E-state index is 0.0208. The van der Waals surface area contributed by atoms with Crippen molar-refractivity contribution in [1.82, 2.24) is 10.2 Å².